The molecule has 2 aromatic heterocycles. The van der Waals surface area contributed by atoms with E-state index in [-0.39, 0.29) is 0 Å². The Hall–Kier alpha value is -2.48. The Morgan fingerprint density at radius 2 is 2.15 bits per heavy atom. The van der Waals surface area contributed by atoms with E-state index >= 15 is 0 Å². The molecule has 3 N–H and O–H groups in total. The van der Waals surface area contributed by atoms with Gasteiger partial charge in [0.05, 0.1) is 10.7 Å². The molecular weight excluding hydrogens is 366 g/mol. The average molecular weight is 388 g/mol. The van der Waals surface area contributed by atoms with Crippen molar-refractivity contribution in [3.05, 3.63) is 59.0 Å². The van der Waals surface area contributed by atoms with Crippen molar-refractivity contribution < 1.29 is 10.0 Å². The van der Waals surface area contributed by atoms with Gasteiger partial charge in [0.1, 0.15) is 5.82 Å². The minimum Gasteiger partial charge on any atom is -0.366 e. The van der Waals surface area contributed by atoms with Crippen molar-refractivity contribution in [3.63, 3.8) is 0 Å². The molecule has 0 unspecified atom stereocenters. The summed E-state index contributed by atoms with van der Waals surface area (Å²) in [6, 6.07) is 8.04. The number of likely N-dealkylation sites (tertiary alicyclic amines) is 1. The average Bonchev–Trinajstić information content (AvgIpc) is 2.70. The van der Waals surface area contributed by atoms with Crippen LogP contribution in [0.4, 0.5) is 5.82 Å². The van der Waals surface area contributed by atoms with E-state index in [0.717, 1.165) is 38.2 Å². The highest BCUT2D eigenvalue weighted by atomic mass is 35.5. The van der Waals surface area contributed by atoms with Gasteiger partial charge in [0, 0.05) is 44.1 Å². The molecule has 0 spiro atoms. The third kappa shape index (κ3) is 5.75. The van der Waals surface area contributed by atoms with Crippen molar-refractivity contribution in [2.24, 2.45) is 0 Å². The van der Waals surface area contributed by atoms with E-state index in [1.165, 1.54) is 17.6 Å². The summed E-state index contributed by atoms with van der Waals surface area (Å²) in [4.78, 5) is 22.2. The number of hydrogen-bond acceptors (Lipinski definition) is 6. The minimum atomic E-state index is -0.606. The minimum absolute atomic E-state index is 0.316. The standard InChI is InChI=1S/C19H22ClN5O2/c20-17-11-14(4-5-18(26)24-27)12-22-19(17)23-15-6-9-25(10-7-15)13-16-3-1-2-8-21-16/h1-5,8,11-12,15,27H,6-7,9-10,13H2,(H,22,23)(H,24,26). The lowest BCUT2D eigenvalue weighted by Gasteiger charge is -2.32. The second kappa shape index (κ2) is 9.45. The van der Waals surface area contributed by atoms with Crippen molar-refractivity contribution in [1.82, 2.24) is 20.3 Å². The van der Waals surface area contributed by atoms with E-state index in [1.807, 2.05) is 24.4 Å². The third-order valence-corrected chi connectivity index (χ3v) is 4.73. The number of hydroxylamine groups is 1. The molecule has 0 radical (unpaired) electrons. The molecule has 0 atom stereocenters. The fourth-order valence-corrected chi connectivity index (χ4v) is 3.24. The Morgan fingerprint density at radius 3 is 2.81 bits per heavy atom. The number of carbonyl (C=O) groups excluding carboxylic acids is 1. The monoisotopic (exact) mass is 387 g/mol. The topological polar surface area (TPSA) is 90.4 Å². The van der Waals surface area contributed by atoms with Gasteiger partial charge in [0.25, 0.3) is 5.91 Å². The highest BCUT2D eigenvalue weighted by Gasteiger charge is 2.20. The number of piperidine rings is 1. The van der Waals surface area contributed by atoms with Gasteiger partial charge < -0.3 is 5.32 Å². The van der Waals surface area contributed by atoms with Gasteiger partial charge in [0.15, 0.2) is 0 Å². The molecule has 1 amide bonds. The van der Waals surface area contributed by atoms with Crippen LogP contribution in [0.25, 0.3) is 6.08 Å². The van der Waals surface area contributed by atoms with Gasteiger partial charge in [-0.25, -0.2) is 10.5 Å². The van der Waals surface area contributed by atoms with Crippen molar-refractivity contribution >= 4 is 29.4 Å². The normalized spacial score (nSPS) is 15.8. The third-order valence-electron chi connectivity index (χ3n) is 4.44. The summed E-state index contributed by atoms with van der Waals surface area (Å²) in [5.74, 6) is 0.0365. The van der Waals surface area contributed by atoms with Crippen LogP contribution in [0.2, 0.25) is 5.02 Å². The van der Waals surface area contributed by atoms with Crippen LogP contribution in [0.1, 0.15) is 24.1 Å². The molecule has 142 valence electrons. The maximum Gasteiger partial charge on any atom is 0.267 e. The van der Waals surface area contributed by atoms with Crippen LogP contribution in [0, 0.1) is 0 Å². The van der Waals surface area contributed by atoms with E-state index in [4.69, 9.17) is 16.8 Å². The quantitative estimate of drug-likeness (QED) is 0.401. The Balaban J connectivity index is 1.51. The summed E-state index contributed by atoms with van der Waals surface area (Å²) >= 11 is 6.31. The molecule has 0 aliphatic carbocycles. The first-order chi connectivity index (χ1) is 13.1. The first kappa shape index (κ1) is 19.3. The van der Waals surface area contributed by atoms with Crippen LogP contribution in [-0.2, 0) is 11.3 Å². The summed E-state index contributed by atoms with van der Waals surface area (Å²) in [5, 5.41) is 12.4. The summed E-state index contributed by atoms with van der Waals surface area (Å²) in [6.07, 6.45) is 8.20. The SMILES string of the molecule is O=C(C=Cc1cnc(NC2CCN(Cc3ccccn3)CC2)c(Cl)c1)NO. The van der Waals surface area contributed by atoms with Gasteiger partial charge in [-0.2, -0.15) is 0 Å². The molecule has 1 saturated heterocycles. The fourth-order valence-electron chi connectivity index (χ4n) is 3.01. The summed E-state index contributed by atoms with van der Waals surface area (Å²) in [6.45, 7) is 2.85. The highest BCUT2D eigenvalue weighted by Crippen LogP contribution is 2.24. The maximum absolute atomic E-state index is 11.0. The lowest BCUT2D eigenvalue weighted by Crippen LogP contribution is -2.39. The van der Waals surface area contributed by atoms with Crippen LogP contribution < -0.4 is 10.8 Å². The Morgan fingerprint density at radius 1 is 1.33 bits per heavy atom. The molecule has 0 bridgehead atoms. The molecule has 2 aromatic rings. The molecule has 27 heavy (non-hydrogen) atoms. The number of aromatic nitrogens is 2. The first-order valence-electron chi connectivity index (χ1n) is 8.80. The van der Waals surface area contributed by atoms with E-state index in [0.29, 0.717) is 22.4 Å². The molecule has 3 rings (SSSR count). The largest absolute Gasteiger partial charge is 0.366 e. The van der Waals surface area contributed by atoms with Gasteiger partial charge >= 0.3 is 0 Å². The second-order valence-corrected chi connectivity index (χ2v) is 6.83. The van der Waals surface area contributed by atoms with Crippen molar-refractivity contribution in [1.29, 1.82) is 0 Å². The number of rotatable bonds is 6. The van der Waals surface area contributed by atoms with Crippen LogP contribution in [0.15, 0.2) is 42.7 Å². The van der Waals surface area contributed by atoms with E-state index in [2.05, 4.69) is 20.2 Å². The number of hydrogen-bond donors (Lipinski definition) is 3. The molecule has 3 heterocycles. The smallest absolute Gasteiger partial charge is 0.267 e. The first-order valence-corrected chi connectivity index (χ1v) is 9.18. The van der Waals surface area contributed by atoms with Crippen molar-refractivity contribution in [2.45, 2.75) is 25.4 Å². The van der Waals surface area contributed by atoms with Crippen LogP contribution in [0.3, 0.4) is 0 Å². The number of pyridine rings is 2. The Labute approximate surface area is 163 Å². The summed E-state index contributed by atoms with van der Waals surface area (Å²) < 4.78 is 0. The van der Waals surface area contributed by atoms with Gasteiger partial charge in [-0.3, -0.25) is 19.9 Å². The van der Waals surface area contributed by atoms with Gasteiger partial charge in [-0.15, -0.1) is 0 Å². The molecule has 8 heteroatoms. The molecular formula is C19H22ClN5O2. The molecule has 1 aliphatic rings. The molecule has 1 aliphatic heterocycles. The second-order valence-electron chi connectivity index (χ2n) is 6.42. The molecule has 0 saturated carbocycles. The number of carbonyl (C=O) groups is 1. The number of halogens is 1. The highest BCUT2D eigenvalue weighted by molar-refractivity contribution is 6.33. The number of nitrogens with zero attached hydrogens (tertiary/aromatic N) is 3. The van der Waals surface area contributed by atoms with Crippen LogP contribution in [0.5, 0.6) is 0 Å². The zero-order valence-corrected chi connectivity index (χ0v) is 15.6. The number of anilines is 1. The van der Waals surface area contributed by atoms with Gasteiger partial charge in [0.2, 0.25) is 0 Å². The van der Waals surface area contributed by atoms with Crippen molar-refractivity contribution in [2.75, 3.05) is 18.4 Å². The zero-order chi connectivity index (χ0) is 19.1. The summed E-state index contributed by atoms with van der Waals surface area (Å²) in [5.41, 5.74) is 3.30. The predicted octanol–water partition coefficient (Wildman–Crippen LogP) is 2.73. The molecule has 0 aromatic carbocycles. The summed E-state index contributed by atoms with van der Waals surface area (Å²) in [7, 11) is 0. The Bertz CT molecular complexity index is 792. The predicted molar refractivity (Wildman–Crippen MR) is 104 cm³/mol. The lowest BCUT2D eigenvalue weighted by atomic mass is 10.0. The van der Waals surface area contributed by atoms with Crippen LogP contribution in [-0.4, -0.2) is 45.1 Å². The molecule has 1 fully saturated rings. The zero-order valence-electron chi connectivity index (χ0n) is 14.8. The number of amides is 1. The van der Waals surface area contributed by atoms with Gasteiger partial charge in [-0.1, -0.05) is 17.7 Å². The van der Waals surface area contributed by atoms with Crippen LogP contribution >= 0.6 is 11.6 Å². The fraction of sp³-hybridized carbons (Fsp3) is 0.316. The maximum atomic E-state index is 11.0. The van der Waals surface area contributed by atoms with Gasteiger partial charge in [-0.05, 0) is 42.7 Å². The van der Waals surface area contributed by atoms with E-state index < -0.39 is 5.91 Å². The van der Waals surface area contributed by atoms with Crippen molar-refractivity contribution in [3.8, 4) is 0 Å². The van der Waals surface area contributed by atoms with E-state index in [1.54, 1.807) is 12.3 Å². The Kier molecular flexibility index (Phi) is 6.75. The molecule has 7 nitrogen and oxygen atoms in total. The number of nitrogens with one attached hydrogen (secondary N) is 2. The lowest BCUT2D eigenvalue weighted by molar-refractivity contribution is -0.124. The van der Waals surface area contributed by atoms with E-state index in [9.17, 15) is 4.79 Å².